The van der Waals surface area contributed by atoms with Crippen molar-refractivity contribution in [2.45, 2.75) is 40.7 Å². The van der Waals surface area contributed by atoms with Crippen molar-refractivity contribution in [2.75, 3.05) is 52.4 Å². The zero-order chi connectivity index (χ0) is 18.3. The molecule has 3 N–H and O–H groups in total. The molecule has 6 heteroatoms. The molecule has 142 valence electrons. The number of hydrogen-bond acceptors (Lipinski definition) is 5. The van der Waals surface area contributed by atoms with Crippen molar-refractivity contribution in [2.24, 2.45) is 17.3 Å². The van der Waals surface area contributed by atoms with Gasteiger partial charge in [-0.25, -0.2) is 0 Å². The van der Waals surface area contributed by atoms with Crippen LogP contribution >= 0.6 is 0 Å². The molecule has 1 saturated heterocycles. The summed E-state index contributed by atoms with van der Waals surface area (Å²) >= 11 is 0. The molecule has 0 aliphatic carbocycles. The molecule has 1 atom stereocenters. The average Bonchev–Trinajstić information content (AvgIpc) is 2.58. The first-order valence-electron chi connectivity index (χ1n) is 9.23. The van der Waals surface area contributed by atoms with Crippen molar-refractivity contribution >= 4 is 5.97 Å². The van der Waals surface area contributed by atoms with E-state index in [1.54, 1.807) is 0 Å². The number of β-amino-alcohol motifs (C(OH)–C–C–N with tert-alkyl or cyclic N) is 1. The Labute approximate surface area is 147 Å². The van der Waals surface area contributed by atoms with Crippen LogP contribution in [0, 0.1) is 17.3 Å². The summed E-state index contributed by atoms with van der Waals surface area (Å²) < 4.78 is 0. The molecule has 1 fully saturated rings. The second-order valence-electron chi connectivity index (χ2n) is 7.91. The van der Waals surface area contributed by atoms with Gasteiger partial charge < -0.3 is 15.5 Å². The van der Waals surface area contributed by atoms with Gasteiger partial charge in [-0.1, -0.05) is 34.6 Å². The molecule has 1 rings (SSSR count). The van der Waals surface area contributed by atoms with Crippen LogP contribution in [0.25, 0.3) is 0 Å². The summed E-state index contributed by atoms with van der Waals surface area (Å²) in [5, 5.41) is 23.3. The van der Waals surface area contributed by atoms with Gasteiger partial charge in [0.25, 0.3) is 0 Å². The molecule has 24 heavy (non-hydrogen) atoms. The maximum atomic E-state index is 11.0. The van der Waals surface area contributed by atoms with Crippen molar-refractivity contribution in [1.82, 2.24) is 15.1 Å². The third kappa shape index (κ3) is 5.99. The van der Waals surface area contributed by atoms with Gasteiger partial charge in [0.2, 0.25) is 0 Å². The van der Waals surface area contributed by atoms with Gasteiger partial charge in [0.05, 0.1) is 12.6 Å². The van der Waals surface area contributed by atoms with Crippen LogP contribution in [0.4, 0.5) is 0 Å². The van der Waals surface area contributed by atoms with Crippen molar-refractivity contribution in [1.29, 1.82) is 0 Å². The van der Waals surface area contributed by atoms with Gasteiger partial charge in [-0.05, 0) is 17.3 Å². The predicted octanol–water partition coefficient (Wildman–Crippen LogP) is 0.957. The highest BCUT2D eigenvalue weighted by Gasteiger charge is 2.39. The topological polar surface area (TPSA) is 76.0 Å². The molecule has 6 nitrogen and oxygen atoms in total. The highest BCUT2D eigenvalue weighted by Crippen LogP contribution is 2.39. The lowest BCUT2D eigenvalue weighted by molar-refractivity contribution is -0.138. The Morgan fingerprint density at radius 1 is 1.04 bits per heavy atom. The number of hydrogen-bond donors (Lipinski definition) is 3. The number of nitrogens with zero attached hydrogens (tertiary/aromatic N) is 2. The monoisotopic (exact) mass is 343 g/mol. The summed E-state index contributed by atoms with van der Waals surface area (Å²) in [7, 11) is 0. The summed E-state index contributed by atoms with van der Waals surface area (Å²) in [5.41, 5.74) is -0.132. The third-order valence-electron chi connectivity index (χ3n) is 5.94. The largest absolute Gasteiger partial charge is 0.480 e. The summed E-state index contributed by atoms with van der Waals surface area (Å²) in [4.78, 5) is 15.2. The van der Waals surface area contributed by atoms with Crippen LogP contribution in [0.2, 0.25) is 0 Å². The molecule has 0 aromatic carbocycles. The number of carboxylic acid groups (broad SMARTS) is 1. The molecule has 0 saturated carbocycles. The predicted molar refractivity (Wildman–Crippen MR) is 97.2 cm³/mol. The first-order chi connectivity index (χ1) is 11.2. The molecule has 1 aliphatic heterocycles. The van der Waals surface area contributed by atoms with E-state index in [4.69, 9.17) is 5.11 Å². The van der Waals surface area contributed by atoms with Crippen LogP contribution < -0.4 is 5.32 Å². The quantitative estimate of drug-likeness (QED) is 0.639. The van der Waals surface area contributed by atoms with E-state index in [0.717, 1.165) is 39.3 Å². The van der Waals surface area contributed by atoms with Crippen molar-refractivity contribution in [3.05, 3.63) is 0 Å². The van der Waals surface area contributed by atoms with E-state index in [0.29, 0.717) is 18.4 Å². The molecule has 0 spiro atoms. The van der Waals surface area contributed by atoms with E-state index in [1.165, 1.54) is 0 Å². The fourth-order valence-corrected chi connectivity index (χ4v) is 3.52. The lowest BCUT2D eigenvalue weighted by atomic mass is 9.66. The van der Waals surface area contributed by atoms with Gasteiger partial charge in [-0.3, -0.25) is 14.6 Å². The Bertz CT molecular complexity index is 380. The first-order valence-corrected chi connectivity index (χ1v) is 9.23. The highest BCUT2D eigenvalue weighted by molar-refractivity contribution is 5.69. The van der Waals surface area contributed by atoms with Gasteiger partial charge in [-0.15, -0.1) is 0 Å². The van der Waals surface area contributed by atoms with Gasteiger partial charge >= 0.3 is 5.97 Å². The molecular formula is C18H37N3O3. The highest BCUT2D eigenvalue weighted by atomic mass is 16.4. The number of carboxylic acids is 1. The normalized spacial score (nSPS) is 20.7. The molecule has 0 bridgehead atoms. The Hall–Kier alpha value is -0.690. The van der Waals surface area contributed by atoms with Crippen LogP contribution in [0.5, 0.6) is 0 Å². The van der Waals surface area contributed by atoms with Gasteiger partial charge in [0.1, 0.15) is 0 Å². The number of aliphatic hydroxyl groups excluding tert-OH is 1. The lowest BCUT2D eigenvalue weighted by Gasteiger charge is -2.44. The second kappa shape index (κ2) is 9.70. The Morgan fingerprint density at radius 2 is 1.54 bits per heavy atom. The molecular weight excluding hydrogens is 306 g/mol. The van der Waals surface area contributed by atoms with Crippen LogP contribution in [-0.4, -0.2) is 84.4 Å². The Kier molecular flexibility index (Phi) is 8.63. The molecule has 0 aromatic rings. The van der Waals surface area contributed by atoms with E-state index in [1.807, 2.05) is 4.90 Å². The van der Waals surface area contributed by atoms with Crippen molar-refractivity contribution in [3.63, 3.8) is 0 Å². The van der Waals surface area contributed by atoms with Crippen molar-refractivity contribution in [3.8, 4) is 0 Å². The zero-order valence-electron chi connectivity index (χ0n) is 16.1. The van der Waals surface area contributed by atoms with Crippen molar-refractivity contribution < 1.29 is 15.0 Å². The fourth-order valence-electron chi connectivity index (χ4n) is 3.52. The molecule has 0 aromatic heterocycles. The van der Waals surface area contributed by atoms with E-state index >= 15 is 0 Å². The SMILES string of the molecule is CC(C)C(C)(C(C)C)C(O)CN1CCNCCN(CC(=O)O)CC1. The smallest absolute Gasteiger partial charge is 0.317 e. The summed E-state index contributed by atoms with van der Waals surface area (Å²) in [6, 6.07) is 0. The standard InChI is InChI=1S/C18H37N3O3/c1-14(2)18(5,15(3)4)16(22)12-20-8-6-19-7-9-21(11-10-20)13-17(23)24/h14-16,19,22H,6-13H2,1-5H3,(H,23,24). The number of nitrogens with one attached hydrogen (secondary N) is 1. The number of aliphatic hydroxyl groups is 1. The van der Waals surface area contributed by atoms with E-state index in [9.17, 15) is 9.90 Å². The van der Waals surface area contributed by atoms with Crippen LogP contribution in [-0.2, 0) is 4.79 Å². The Morgan fingerprint density at radius 3 is 2.04 bits per heavy atom. The number of aliphatic carboxylic acids is 1. The number of carbonyl (C=O) groups is 1. The van der Waals surface area contributed by atoms with Crippen LogP contribution in [0.15, 0.2) is 0 Å². The van der Waals surface area contributed by atoms with E-state index in [2.05, 4.69) is 44.8 Å². The third-order valence-corrected chi connectivity index (χ3v) is 5.94. The minimum Gasteiger partial charge on any atom is -0.480 e. The molecule has 0 radical (unpaired) electrons. The van der Waals surface area contributed by atoms with E-state index in [-0.39, 0.29) is 12.0 Å². The second-order valence-corrected chi connectivity index (χ2v) is 7.91. The fraction of sp³-hybridized carbons (Fsp3) is 0.944. The van der Waals surface area contributed by atoms with Gasteiger partial charge in [0.15, 0.2) is 0 Å². The summed E-state index contributed by atoms with van der Waals surface area (Å²) in [6.07, 6.45) is -0.397. The average molecular weight is 344 g/mol. The minimum atomic E-state index is -0.784. The van der Waals surface area contributed by atoms with E-state index < -0.39 is 12.1 Å². The lowest BCUT2D eigenvalue weighted by Crippen LogP contribution is -2.49. The van der Waals surface area contributed by atoms with Crippen LogP contribution in [0.1, 0.15) is 34.6 Å². The maximum Gasteiger partial charge on any atom is 0.317 e. The Balaban J connectivity index is 2.71. The minimum absolute atomic E-state index is 0.0772. The summed E-state index contributed by atoms with van der Waals surface area (Å²) in [5.74, 6) is 0.00589. The summed E-state index contributed by atoms with van der Waals surface area (Å²) in [6.45, 7) is 16.4. The number of rotatable bonds is 7. The molecule has 1 unspecified atom stereocenters. The van der Waals surface area contributed by atoms with Crippen LogP contribution in [0.3, 0.4) is 0 Å². The molecule has 0 amide bonds. The molecule has 1 heterocycles. The van der Waals surface area contributed by atoms with Gasteiger partial charge in [-0.2, -0.15) is 0 Å². The first kappa shape index (κ1) is 21.4. The van der Waals surface area contributed by atoms with Gasteiger partial charge in [0, 0.05) is 45.8 Å². The molecule has 1 aliphatic rings. The zero-order valence-corrected chi connectivity index (χ0v) is 16.1. The maximum absolute atomic E-state index is 11.0.